The third kappa shape index (κ3) is 4.69. The second-order valence-electron chi connectivity index (χ2n) is 6.57. The molecule has 0 aliphatic heterocycles. The summed E-state index contributed by atoms with van der Waals surface area (Å²) in [6.45, 7) is 8.24. The lowest BCUT2D eigenvalue weighted by Gasteiger charge is -2.41. The molecule has 0 aromatic carbocycles. The number of nitrogens with one attached hydrogen (secondary N) is 1. The predicted molar refractivity (Wildman–Crippen MR) is 97.0 cm³/mol. The number of hydrogen-bond donors (Lipinski definition) is 1. The van der Waals surface area contributed by atoms with Gasteiger partial charge in [0.1, 0.15) is 5.82 Å². The average Bonchev–Trinajstić information content (AvgIpc) is 2.55. The number of aromatic nitrogens is 2. The lowest BCUT2D eigenvalue weighted by Crippen LogP contribution is -2.42. The van der Waals surface area contributed by atoms with Crippen LogP contribution in [0.5, 0.6) is 0 Å². The highest BCUT2D eigenvalue weighted by molar-refractivity contribution is 6.28. The van der Waals surface area contributed by atoms with Crippen LogP contribution in [0.3, 0.4) is 0 Å². The van der Waals surface area contributed by atoms with Crippen LogP contribution in [0.4, 0.5) is 5.82 Å². The smallest absolute Gasteiger partial charge is 0.307 e. The van der Waals surface area contributed by atoms with Gasteiger partial charge in [0.05, 0.1) is 13.0 Å². The van der Waals surface area contributed by atoms with Gasteiger partial charge in [-0.05, 0) is 36.8 Å². The molecule has 0 radical (unpaired) electrons. The Morgan fingerprint density at radius 2 is 2.21 bits per heavy atom. The van der Waals surface area contributed by atoms with Crippen molar-refractivity contribution in [3.05, 3.63) is 23.6 Å². The van der Waals surface area contributed by atoms with E-state index >= 15 is 0 Å². The minimum Gasteiger partial charge on any atom is -0.466 e. The number of carbonyl (C=O) groups excluding carboxylic acids is 1. The molecule has 0 saturated heterocycles. The van der Waals surface area contributed by atoms with Crippen LogP contribution in [0.2, 0.25) is 5.28 Å². The molecule has 2 rings (SSSR count). The molecular formula is C18H26ClN3O2. The van der Waals surface area contributed by atoms with Crippen molar-refractivity contribution >= 4 is 29.5 Å². The molecular weight excluding hydrogens is 326 g/mol. The zero-order valence-electron chi connectivity index (χ0n) is 14.5. The van der Waals surface area contributed by atoms with Gasteiger partial charge in [0.2, 0.25) is 5.28 Å². The summed E-state index contributed by atoms with van der Waals surface area (Å²) in [4.78, 5) is 20.4. The highest BCUT2D eigenvalue weighted by atomic mass is 35.5. The maximum absolute atomic E-state index is 12.1. The molecule has 1 atom stereocenters. The van der Waals surface area contributed by atoms with Crippen molar-refractivity contribution in [3.8, 4) is 0 Å². The molecule has 0 bridgehead atoms. The fraction of sp³-hybridized carbons (Fsp3) is 0.611. The molecule has 1 N–H and O–H groups in total. The van der Waals surface area contributed by atoms with Gasteiger partial charge >= 0.3 is 5.97 Å². The number of anilines is 1. The third-order valence-corrected chi connectivity index (χ3v) is 5.01. The van der Waals surface area contributed by atoms with Gasteiger partial charge in [-0.3, -0.25) is 4.79 Å². The first-order valence-corrected chi connectivity index (χ1v) is 8.93. The number of hydrogen-bond acceptors (Lipinski definition) is 5. The third-order valence-electron chi connectivity index (χ3n) is 4.83. The molecule has 1 unspecified atom stereocenters. The second kappa shape index (κ2) is 8.47. The predicted octanol–water partition coefficient (Wildman–Crippen LogP) is 4.48. The Bertz CT molecular complexity index is 586. The molecule has 1 saturated carbocycles. The quantitative estimate of drug-likeness (QED) is 0.579. The first-order chi connectivity index (χ1) is 11.5. The second-order valence-corrected chi connectivity index (χ2v) is 6.91. The molecule has 6 heteroatoms. The van der Waals surface area contributed by atoms with Gasteiger partial charge in [0, 0.05) is 17.8 Å². The minimum absolute atomic E-state index is 0.0148. The van der Waals surface area contributed by atoms with Crippen molar-refractivity contribution in [3.63, 3.8) is 0 Å². The summed E-state index contributed by atoms with van der Waals surface area (Å²) in [5.74, 6) is 0.424. The van der Waals surface area contributed by atoms with E-state index < -0.39 is 0 Å². The lowest BCUT2D eigenvalue weighted by molar-refractivity contribution is -0.144. The topological polar surface area (TPSA) is 64.1 Å². The van der Waals surface area contributed by atoms with Crippen molar-refractivity contribution in [2.45, 2.75) is 58.4 Å². The molecule has 0 spiro atoms. The summed E-state index contributed by atoms with van der Waals surface area (Å²) in [6, 6.07) is -0.0680. The Morgan fingerprint density at radius 1 is 1.50 bits per heavy atom. The van der Waals surface area contributed by atoms with Crippen LogP contribution in [0, 0.1) is 5.41 Å². The number of rotatable bonds is 7. The Morgan fingerprint density at radius 3 is 2.83 bits per heavy atom. The normalized spacial score (nSPS) is 17.8. The molecule has 132 valence electrons. The standard InChI is InChI=1S/C18H26ClN3O2/c1-4-13-12-20-17(19)22-16(13)21-14(11-15(23)24-5-2)18(3)9-7-6-8-10-18/h4,12,14H,1,5-11H2,2-3H3,(H,20,21,22). The molecule has 1 aromatic rings. The molecule has 1 aliphatic rings. The minimum atomic E-state index is -0.192. The van der Waals surface area contributed by atoms with E-state index in [-0.39, 0.29) is 22.7 Å². The Balaban J connectivity index is 2.26. The van der Waals surface area contributed by atoms with Crippen LogP contribution < -0.4 is 5.32 Å². The van der Waals surface area contributed by atoms with E-state index in [1.807, 2.05) is 6.92 Å². The van der Waals surface area contributed by atoms with Gasteiger partial charge in [-0.2, -0.15) is 0 Å². The molecule has 1 aromatic heterocycles. The van der Waals surface area contributed by atoms with Crippen molar-refractivity contribution < 1.29 is 9.53 Å². The van der Waals surface area contributed by atoms with Crippen LogP contribution in [-0.4, -0.2) is 28.6 Å². The summed E-state index contributed by atoms with van der Waals surface area (Å²) in [5.41, 5.74) is 0.786. The zero-order chi connectivity index (χ0) is 17.6. The number of halogens is 1. The summed E-state index contributed by atoms with van der Waals surface area (Å²) >= 11 is 5.95. The highest BCUT2D eigenvalue weighted by Crippen LogP contribution is 2.41. The van der Waals surface area contributed by atoms with E-state index in [1.165, 1.54) is 19.3 Å². The molecule has 1 aliphatic carbocycles. The van der Waals surface area contributed by atoms with Crippen LogP contribution in [0.25, 0.3) is 6.08 Å². The molecule has 24 heavy (non-hydrogen) atoms. The van der Waals surface area contributed by atoms with Crippen LogP contribution in [-0.2, 0) is 9.53 Å². The summed E-state index contributed by atoms with van der Waals surface area (Å²) in [5, 5.41) is 3.60. The van der Waals surface area contributed by atoms with Gasteiger partial charge in [-0.1, -0.05) is 38.8 Å². The fourth-order valence-electron chi connectivity index (χ4n) is 3.37. The highest BCUT2D eigenvalue weighted by Gasteiger charge is 2.37. The van der Waals surface area contributed by atoms with Crippen molar-refractivity contribution in [2.24, 2.45) is 5.41 Å². The van der Waals surface area contributed by atoms with Crippen LogP contribution in [0.15, 0.2) is 12.8 Å². The number of carbonyl (C=O) groups is 1. The fourth-order valence-corrected chi connectivity index (χ4v) is 3.50. The average molecular weight is 352 g/mol. The van der Waals surface area contributed by atoms with E-state index in [1.54, 1.807) is 12.3 Å². The summed E-state index contributed by atoms with van der Waals surface area (Å²) in [7, 11) is 0. The van der Waals surface area contributed by atoms with Crippen LogP contribution in [0.1, 0.15) is 57.9 Å². The summed E-state index contributed by atoms with van der Waals surface area (Å²) in [6.07, 6.45) is 9.38. The van der Waals surface area contributed by atoms with E-state index in [0.717, 1.165) is 18.4 Å². The SMILES string of the molecule is C=Cc1cnc(Cl)nc1NC(CC(=O)OCC)C1(C)CCCCC1. The number of esters is 1. The number of nitrogens with zero attached hydrogens (tertiary/aromatic N) is 2. The van der Waals surface area contributed by atoms with E-state index in [9.17, 15) is 4.79 Å². The number of ether oxygens (including phenoxy) is 1. The summed E-state index contributed by atoms with van der Waals surface area (Å²) < 4.78 is 5.17. The maximum atomic E-state index is 12.1. The van der Waals surface area contributed by atoms with Crippen molar-refractivity contribution in [1.29, 1.82) is 0 Å². The van der Waals surface area contributed by atoms with E-state index in [4.69, 9.17) is 16.3 Å². The Kier molecular flexibility index (Phi) is 6.60. The molecule has 0 amide bonds. The van der Waals surface area contributed by atoms with E-state index in [2.05, 4.69) is 28.8 Å². The first-order valence-electron chi connectivity index (χ1n) is 8.55. The van der Waals surface area contributed by atoms with Gasteiger partial charge in [0.15, 0.2) is 0 Å². The zero-order valence-corrected chi connectivity index (χ0v) is 15.2. The largest absolute Gasteiger partial charge is 0.466 e. The molecule has 1 fully saturated rings. The van der Waals surface area contributed by atoms with Gasteiger partial charge in [-0.15, -0.1) is 0 Å². The van der Waals surface area contributed by atoms with E-state index in [0.29, 0.717) is 18.8 Å². The Hall–Kier alpha value is -1.62. The van der Waals surface area contributed by atoms with Crippen molar-refractivity contribution in [2.75, 3.05) is 11.9 Å². The van der Waals surface area contributed by atoms with Crippen molar-refractivity contribution in [1.82, 2.24) is 9.97 Å². The lowest BCUT2D eigenvalue weighted by atomic mass is 9.69. The van der Waals surface area contributed by atoms with Gasteiger partial charge in [-0.25, -0.2) is 9.97 Å². The van der Waals surface area contributed by atoms with Gasteiger partial charge < -0.3 is 10.1 Å². The first kappa shape index (κ1) is 18.7. The monoisotopic (exact) mass is 351 g/mol. The van der Waals surface area contributed by atoms with Crippen LogP contribution >= 0.6 is 11.6 Å². The molecule has 5 nitrogen and oxygen atoms in total. The maximum Gasteiger partial charge on any atom is 0.307 e. The van der Waals surface area contributed by atoms with Gasteiger partial charge in [0.25, 0.3) is 0 Å². The Labute approximate surface area is 148 Å². The molecule has 1 heterocycles.